The van der Waals surface area contributed by atoms with Gasteiger partial charge in [0.15, 0.2) is 5.60 Å². The van der Waals surface area contributed by atoms with Crippen LogP contribution in [0.2, 0.25) is 0 Å². The molecule has 0 aliphatic carbocycles. The van der Waals surface area contributed by atoms with Gasteiger partial charge in [0.25, 0.3) is 0 Å². The van der Waals surface area contributed by atoms with Crippen LogP contribution in [0.15, 0.2) is 30.3 Å². The van der Waals surface area contributed by atoms with E-state index in [-0.39, 0.29) is 19.1 Å². The summed E-state index contributed by atoms with van der Waals surface area (Å²) in [6, 6.07) is 9.44. The van der Waals surface area contributed by atoms with Crippen molar-refractivity contribution in [3.05, 3.63) is 35.9 Å². The van der Waals surface area contributed by atoms with Crippen molar-refractivity contribution in [2.24, 2.45) is 5.92 Å². The lowest BCUT2D eigenvalue weighted by atomic mass is 9.84. The Morgan fingerprint density at radius 1 is 1.10 bits per heavy atom. The molecule has 4 heteroatoms. The predicted octanol–water partition coefficient (Wildman–Crippen LogP) is -0.597. The average Bonchev–Trinajstić information content (AvgIpc) is 2.48. The highest BCUT2D eigenvalue weighted by Crippen LogP contribution is 2.28. The fraction of sp³-hybridized carbons (Fsp3) is 0.529. The minimum atomic E-state index is -1.18. The van der Waals surface area contributed by atoms with E-state index < -0.39 is 5.60 Å². The van der Waals surface area contributed by atoms with E-state index in [9.17, 15) is 5.11 Å². The van der Waals surface area contributed by atoms with Crippen molar-refractivity contribution in [2.45, 2.75) is 19.4 Å². The molecule has 0 saturated carbocycles. The van der Waals surface area contributed by atoms with Crippen molar-refractivity contribution in [1.82, 2.24) is 0 Å². The molecule has 0 amide bonds. The summed E-state index contributed by atoms with van der Waals surface area (Å²) < 4.78 is 0. The molecule has 4 N–H and O–H groups in total. The van der Waals surface area contributed by atoms with Gasteiger partial charge in [-0.25, -0.2) is 0 Å². The third kappa shape index (κ3) is 5.14. The monoisotopic (exact) mass is 292 g/mol. The van der Waals surface area contributed by atoms with E-state index in [1.54, 1.807) is 0 Å². The molecule has 0 aromatic heterocycles. The van der Waals surface area contributed by atoms with Crippen LogP contribution in [0.1, 0.15) is 19.4 Å². The van der Waals surface area contributed by atoms with Gasteiger partial charge in [-0.15, -0.1) is 0 Å². The number of hydrogen-bond acceptors (Lipinski definition) is 3. The molecular weight excluding hydrogens is 266 g/mol. The summed E-state index contributed by atoms with van der Waals surface area (Å²) in [6.07, 6.45) is 0. The smallest absolute Gasteiger partial charge is 0.153 e. The van der Waals surface area contributed by atoms with Crippen LogP contribution in [-0.2, 0) is 5.60 Å². The summed E-state index contributed by atoms with van der Waals surface area (Å²) in [5, 5.41) is 28.8. The second-order valence-corrected chi connectivity index (χ2v) is 5.46. The summed E-state index contributed by atoms with van der Waals surface area (Å²) in [6.45, 7) is 5.57. The van der Waals surface area contributed by atoms with Gasteiger partial charge in [0.1, 0.15) is 19.6 Å². The molecule has 0 saturated heterocycles. The molecule has 0 spiro atoms. The van der Waals surface area contributed by atoms with Crippen molar-refractivity contribution in [1.29, 1.82) is 0 Å². The molecule has 0 bridgehead atoms. The zero-order chi connectivity index (χ0) is 15.7. The molecule has 0 fully saturated rings. The fourth-order valence-corrected chi connectivity index (χ4v) is 2.16. The predicted molar refractivity (Wildman–Crippen MR) is 82.7 cm³/mol. The number of nitrogens with one attached hydrogen (secondary N) is 1. The Kier molecular flexibility index (Phi) is 7.41. The zero-order valence-electron chi connectivity index (χ0n) is 12.8. The molecule has 0 aliphatic rings. The Labute approximate surface area is 127 Å². The molecule has 1 unspecified atom stereocenters. The topological polar surface area (TPSA) is 65.1 Å². The maximum Gasteiger partial charge on any atom is 0.153 e. The third-order valence-corrected chi connectivity index (χ3v) is 3.60. The van der Waals surface area contributed by atoms with Gasteiger partial charge in [0.2, 0.25) is 0 Å². The highest BCUT2D eigenvalue weighted by atomic mass is 16.3. The zero-order valence-corrected chi connectivity index (χ0v) is 12.8. The lowest BCUT2D eigenvalue weighted by molar-refractivity contribution is -0.893. The molecule has 1 atom stereocenters. The molecule has 0 aliphatic heterocycles. The Morgan fingerprint density at radius 2 is 1.67 bits per heavy atom. The van der Waals surface area contributed by atoms with Crippen LogP contribution in [0.25, 0.3) is 0 Å². The minimum absolute atomic E-state index is 0.0356. The maximum atomic E-state index is 10.9. The van der Waals surface area contributed by atoms with Crippen molar-refractivity contribution in [2.75, 3.05) is 32.8 Å². The summed E-state index contributed by atoms with van der Waals surface area (Å²) >= 11 is 0. The van der Waals surface area contributed by atoms with Crippen molar-refractivity contribution < 1.29 is 20.2 Å². The Bertz CT molecular complexity index is 458. The van der Waals surface area contributed by atoms with Crippen molar-refractivity contribution in [3.63, 3.8) is 0 Å². The molecular formula is C17H26NO3+. The van der Waals surface area contributed by atoms with Gasteiger partial charge in [-0.2, -0.15) is 0 Å². The quantitative estimate of drug-likeness (QED) is 0.508. The van der Waals surface area contributed by atoms with Crippen LogP contribution in [0.3, 0.4) is 0 Å². The molecule has 1 rings (SSSR count). The number of rotatable bonds is 7. The van der Waals surface area contributed by atoms with Gasteiger partial charge >= 0.3 is 0 Å². The van der Waals surface area contributed by atoms with E-state index in [1.807, 2.05) is 44.2 Å². The van der Waals surface area contributed by atoms with Gasteiger partial charge in [-0.05, 0) is 17.4 Å². The van der Waals surface area contributed by atoms with E-state index in [4.69, 9.17) is 10.2 Å². The first-order valence-electron chi connectivity index (χ1n) is 7.37. The molecule has 1 aromatic carbocycles. The first-order chi connectivity index (χ1) is 10.0. The van der Waals surface area contributed by atoms with Crippen LogP contribution < -0.4 is 4.90 Å². The van der Waals surface area contributed by atoms with E-state index in [0.717, 1.165) is 10.5 Å². The van der Waals surface area contributed by atoms with Crippen LogP contribution in [-0.4, -0.2) is 48.2 Å². The van der Waals surface area contributed by atoms with Gasteiger partial charge in [-0.3, -0.25) is 0 Å². The summed E-state index contributed by atoms with van der Waals surface area (Å²) in [5.41, 5.74) is -0.386. The molecule has 116 valence electrons. The fourth-order valence-electron chi connectivity index (χ4n) is 2.16. The van der Waals surface area contributed by atoms with Gasteiger partial charge in [0, 0.05) is 0 Å². The SMILES string of the molecule is CC(C)C(O)(C#CC[NH+](CCO)CCO)c1ccccc1. The number of hydrogen-bond donors (Lipinski definition) is 4. The van der Waals surface area contributed by atoms with Crippen molar-refractivity contribution >= 4 is 0 Å². The highest BCUT2D eigenvalue weighted by Gasteiger charge is 2.30. The maximum absolute atomic E-state index is 10.9. The van der Waals surface area contributed by atoms with Gasteiger partial charge < -0.3 is 20.2 Å². The Balaban J connectivity index is 2.87. The normalized spacial score (nSPS) is 13.9. The number of aliphatic hydroxyl groups is 3. The number of benzene rings is 1. The second-order valence-electron chi connectivity index (χ2n) is 5.46. The molecule has 0 radical (unpaired) electrons. The van der Waals surface area contributed by atoms with E-state index >= 15 is 0 Å². The number of quaternary nitrogens is 1. The van der Waals surface area contributed by atoms with Crippen LogP contribution in [0.4, 0.5) is 0 Å². The van der Waals surface area contributed by atoms with E-state index in [0.29, 0.717) is 19.6 Å². The van der Waals surface area contributed by atoms with Crippen LogP contribution in [0, 0.1) is 17.8 Å². The first-order valence-corrected chi connectivity index (χ1v) is 7.37. The average molecular weight is 292 g/mol. The van der Waals surface area contributed by atoms with Crippen molar-refractivity contribution in [3.8, 4) is 11.8 Å². The van der Waals surface area contributed by atoms with Gasteiger partial charge in [-0.1, -0.05) is 50.1 Å². The summed E-state index contributed by atoms with van der Waals surface area (Å²) in [4.78, 5) is 1.01. The molecule has 0 heterocycles. The van der Waals surface area contributed by atoms with E-state index in [1.165, 1.54) is 0 Å². The second kappa shape index (κ2) is 8.81. The lowest BCUT2D eigenvalue weighted by Gasteiger charge is -2.27. The minimum Gasteiger partial charge on any atom is -0.391 e. The van der Waals surface area contributed by atoms with E-state index in [2.05, 4.69) is 11.8 Å². The van der Waals surface area contributed by atoms with Gasteiger partial charge in [0.05, 0.1) is 13.2 Å². The lowest BCUT2D eigenvalue weighted by Crippen LogP contribution is -3.12. The molecule has 1 aromatic rings. The highest BCUT2D eigenvalue weighted by molar-refractivity contribution is 5.32. The molecule has 21 heavy (non-hydrogen) atoms. The summed E-state index contributed by atoms with van der Waals surface area (Å²) in [7, 11) is 0. The summed E-state index contributed by atoms with van der Waals surface area (Å²) in [5.74, 6) is 5.96. The largest absolute Gasteiger partial charge is 0.391 e. The Hall–Kier alpha value is -1.38. The van der Waals surface area contributed by atoms with Crippen LogP contribution in [0.5, 0.6) is 0 Å². The third-order valence-electron chi connectivity index (χ3n) is 3.60. The number of aliphatic hydroxyl groups excluding tert-OH is 2. The standard InChI is InChI=1S/C17H25NO3/c1-15(2)17(21,16-7-4-3-5-8-16)9-6-10-18(11-13-19)12-14-20/h3-5,7-8,15,19-21H,10-14H2,1-2H3/p+1. The van der Waals surface area contributed by atoms with Crippen LogP contribution >= 0.6 is 0 Å². The Morgan fingerprint density at radius 3 is 2.14 bits per heavy atom. The first kappa shape index (κ1) is 17.7. The molecule has 4 nitrogen and oxygen atoms in total.